The number of carbonyl (C=O) groups excluding carboxylic acids is 1. The largest absolute Gasteiger partial charge is 0.497 e. The number of rotatable bonds is 8. The van der Waals surface area contributed by atoms with Gasteiger partial charge < -0.3 is 14.8 Å². The van der Waals surface area contributed by atoms with E-state index in [2.05, 4.69) is 5.32 Å². The summed E-state index contributed by atoms with van der Waals surface area (Å²) in [5, 5.41) is 3.63. The predicted molar refractivity (Wildman–Crippen MR) is 95.9 cm³/mol. The number of ether oxygens (including phenoxy) is 2. The van der Waals surface area contributed by atoms with Crippen LogP contribution in [0.3, 0.4) is 0 Å². The molecule has 0 spiro atoms. The predicted octanol–water partition coefficient (Wildman–Crippen LogP) is 3.86. The molecule has 1 amide bonds. The van der Waals surface area contributed by atoms with Gasteiger partial charge in [0.25, 0.3) is 5.91 Å². The van der Waals surface area contributed by atoms with E-state index in [1.807, 2.05) is 24.3 Å². The fourth-order valence-corrected chi connectivity index (χ4v) is 2.34. The van der Waals surface area contributed by atoms with Gasteiger partial charge in [0.15, 0.2) is 6.10 Å². The number of nitrogens with one attached hydrogen (secondary N) is 1. The molecule has 5 heteroatoms. The third kappa shape index (κ3) is 5.78. The van der Waals surface area contributed by atoms with E-state index in [-0.39, 0.29) is 5.91 Å². The molecule has 1 atom stereocenters. The minimum Gasteiger partial charge on any atom is -0.497 e. The molecule has 2 aromatic rings. The highest BCUT2D eigenvalue weighted by molar-refractivity contribution is 6.30. The third-order valence-electron chi connectivity index (χ3n) is 3.60. The summed E-state index contributed by atoms with van der Waals surface area (Å²) >= 11 is 5.85. The minimum absolute atomic E-state index is 0.123. The Hall–Kier alpha value is -2.20. The lowest BCUT2D eigenvalue weighted by Gasteiger charge is -2.15. The van der Waals surface area contributed by atoms with E-state index in [0.717, 1.165) is 23.6 Å². The second-order valence-corrected chi connectivity index (χ2v) is 5.89. The molecule has 24 heavy (non-hydrogen) atoms. The Morgan fingerprint density at radius 1 is 1.08 bits per heavy atom. The molecule has 0 unspecified atom stereocenters. The van der Waals surface area contributed by atoms with Gasteiger partial charge in [-0.05, 0) is 61.7 Å². The van der Waals surface area contributed by atoms with E-state index in [1.54, 1.807) is 38.3 Å². The molecule has 0 aromatic heterocycles. The summed E-state index contributed by atoms with van der Waals surface area (Å²) in [6.07, 6.45) is 1.21. The average Bonchev–Trinajstić information content (AvgIpc) is 2.60. The Morgan fingerprint density at radius 2 is 1.71 bits per heavy atom. The fraction of sp³-hybridized carbons (Fsp3) is 0.316. The van der Waals surface area contributed by atoms with Crippen molar-refractivity contribution < 1.29 is 14.3 Å². The third-order valence-corrected chi connectivity index (χ3v) is 3.85. The summed E-state index contributed by atoms with van der Waals surface area (Å²) in [6.45, 7) is 2.34. The molecule has 0 bridgehead atoms. The summed E-state index contributed by atoms with van der Waals surface area (Å²) in [4.78, 5) is 12.0. The van der Waals surface area contributed by atoms with E-state index in [4.69, 9.17) is 21.1 Å². The van der Waals surface area contributed by atoms with Crippen LogP contribution in [-0.2, 0) is 11.2 Å². The van der Waals surface area contributed by atoms with Gasteiger partial charge in [0, 0.05) is 11.6 Å². The van der Waals surface area contributed by atoms with Gasteiger partial charge in [0.2, 0.25) is 0 Å². The molecule has 0 aliphatic heterocycles. The molecular weight excluding hydrogens is 326 g/mol. The molecule has 4 nitrogen and oxygen atoms in total. The van der Waals surface area contributed by atoms with Crippen molar-refractivity contribution in [3.05, 3.63) is 59.1 Å². The van der Waals surface area contributed by atoms with Gasteiger partial charge in [0.1, 0.15) is 11.5 Å². The lowest BCUT2D eigenvalue weighted by molar-refractivity contribution is -0.127. The highest BCUT2D eigenvalue weighted by Crippen LogP contribution is 2.18. The first-order valence-corrected chi connectivity index (χ1v) is 8.29. The first-order valence-electron chi connectivity index (χ1n) is 7.91. The SMILES string of the molecule is COc1ccc(O[C@@H](C)C(=O)NCCCc2ccc(Cl)cc2)cc1. The van der Waals surface area contributed by atoms with Gasteiger partial charge in [-0.3, -0.25) is 4.79 Å². The van der Waals surface area contributed by atoms with Crippen molar-refractivity contribution in [3.63, 3.8) is 0 Å². The van der Waals surface area contributed by atoms with Crippen molar-refractivity contribution in [1.82, 2.24) is 5.32 Å². The van der Waals surface area contributed by atoms with Crippen molar-refractivity contribution in [2.75, 3.05) is 13.7 Å². The highest BCUT2D eigenvalue weighted by Gasteiger charge is 2.13. The topological polar surface area (TPSA) is 47.6 Å². The van der Waals surface area contributed by atoms with Crippen LogP contribution in [0, 0.1) is 0 Å². The van der Waals surface area contributed by atoms with Crippen LogP contribution in [0.4, 0.5) is 0 Å². The zero-order valence-electron chi connectivity index (χ0n) is 13.9. The number of benzene rings is 2. The molecule has 0 heterocycles. The van der Waals surface area contributed by atoms with Gasteiger partial charge >= 0.3 is 0 Å². The Bertz CT molecular complexity index is 641. The maximum absolute atomic E-state index is 12.0. The van der Waals surface area contributed by atoms with Crippen LogP contribution in [0.1, 0.15) is 18.9 Å². The molecule has 2 aromatic carbocycles. The van der Waals surface area contributed by atoms with Gasteiger partial charge in [-0.2, -0.15) is 0 Å². The number of halogens is 1. The Labute approximate surface area is 147 Å². The molecule has 0 radical (unpaired) electrons. The van der Waals surface area contributed by atoms with Crippen LogP contribution in [0.15, 0.2) is 48.5 Å². The number of carbonyl (C=O) groups is 1. The molecule has 0 saturated heterocycles. The Kier molecular flexibility index (Phi) is 6.94. The standard InChI is InChI=1S/C19H22ClNO3/c1-14(24-18-11-9-17(23-2)10-12-18)19(22)21-13-3-4-15-5-7-16(20)8-6-15/h5-12,14H,3-4,13H2,1-2H3,(H,21,22)/t14-/m0/s1. The average molecular weight is 348 g/mol. The van der Waals surface area contributed by atoms with E-state index in [0.29, 0.717) is 12.3 Å². The zero-order valence-corrected chi connectivity index (χ0v) is 14.7. The van der Waals surface area contributed by atoms with Crippen molar-refractivity contribution in [2.24, 2.45) is 0 Å². The van der Waals surface area contributed by atoms with E-state index < -0.39 is 6.10 Å². The summed E-state index contributed by atoms with van der Waals surface area (Å²) in [6, 6.07) is 14.9. The van der Waals surface area contributed by atoms with E-state index in [9.17, 15) is 4.79 Å². The van der Waals surface area contributed by atoms with Gasteiger partial charge in [-0.15, -0.1) is 0 Å². The zero-order chi connectivity index (χ0) is 17.4. The summed E-state index contributed by atoms with van der Waals surface area (Å²) < 4.78 is 10.7. The van der Waals surface area contributed by atoms with Crippen LogP contribution in [-0.4, -0.2) is 25.7 Å². The molecule has 0 aliphatic rings. The fourth-order valence-electron chi connectivity index (χ4n) is 2.21. The van der Waals surface area contributed by atoms with Crippen molar-refractivity contribution in [2.45, 2.75) is 25.9 Å². The number of hydrogen-bond donors (Lipinski definition) is 1. The van der Waals surface area contributed by atoms with E-state index >= 15 is 0 Å². The first kappa shape index (κ1) is 18.1. The van der Waals surface area contributed by atoms with Crippen LogP contribution < -0.4 is 14.8 Å². The number of hydrogen-bond acceptors (Lipinski definition) is 3. The van der Waals surface area contributed by atoms with E-state index in [1.165, 1.54) is 5.56 Å². The molecular formula is C19H22ClNO3. The quantitative estimate of drug-likeness (QED) is 0.737. The molecule has 0 aliphatic carbocycles. The summed E-state index contributed by atoms with van der Waals surface area (Å²) in [5.74, 6) is 1.27. The molecule has 0 fully saturated rings. The molecule has 0 saturated carbocycles. The monoisotopic (exact) mass is 347 g/mol. The van der Waals surface area contributed by atoms with Crippen LogP contribution in [0.2, 0.25) is 5.02 Å². The Balaban J connectivity index is 1.70. The first-order chi connectivity index (χ1) is 11.6. The Morgan fingerprint density at radius 3 is 2.33 bits per heavy atom. The van der Waals surface area contributed by atoms with Crippen LogP contribution >= 0.6 is 11.6 Å². The van der Waals surface area contributed by atoms with Gasteiger partial charge in [-0.25, -0.2) is 0 Å². The van der Waals surface area contributed by atoms with Gasteiger partial charge in [-0.1, -0.05) is 23.7 Å². The summed E-state index contributed by atoms with van der Waals surface area (Å²) in [5.41, 5.74) is 1.20. The normalized spacial score (nSPS) is 11.6. The van der Waals surface area contributed by atoms with Crippen LogP contribution in [0.5, 0.6) is 11.5 Å². The van der Waals surface area contributed by atoms with Gasteiger partial charge in [0.05, 0.1) is 7.11 Å². The van der Waals surface area contributed by atoms with Crippen LogP contribution in [0.25, 0.3) is 0 Å². The number of amides is 1. The highest BCUT2D eigenvalue weighted by atomic mass is 35.5. The summed E-state index contributed by atoms with van der Waals surface area (Å²) in [7, 11) is 1.61. The lowest BCUT2D eigenvalue weighted by Crippen LogP contribution is -2.36. The maximum atomic E-state index is 12.0. The minimum atomic E-state index is -0.547. The molecule has 2 rings (SSSR count). The smallest absolute Gasteiger partial charge is 0.260 e. The molecule has 128 valence electrons. The van der Waals surface area contributed by atoms with Crippen molar-refractivity contribution in [1.29, 1.82) is 0 Å². The number of methoxy groups -OCH3 is 1. The lowest BCUT2D eigenvalue weighted by atomic mass is 10.1. The second kappa shape index (κ2) is 9.18. The second-order valence-electron chi connectivity index (χ2n) is 5.46. The number of aryl methyl sites for hydroxylation is 1. The maximum Gasteiger partial charge on any atom is 0.260 e. The molecule has 1 N–H and O–H groups in total. The van der Waals surface area contributed by atoms with Crippen molar-refractivity contribution in [3.8, 4) is 11.5 Å². The van der Waals surface area contributed by atoms with Crippen molar-refractivity contribution >= 4 is 17.5 Å².